The summed E-state index contributed by atoms with van der Waals surface area (Å²) >= 11 is 0. The van der Waals surface area contributed by atoms with Gasteiger partial charge in [0.25, 0.3) is 0 Å². The Morgan fingerprint density at radius 2 is 1.72 bits per heavy atom. The van der Waals surface area contributed by atoms with Crippen molar-refractivity contribution in [2.45, 2.75) is 6.92 Å². The molecule has 92 valence electrons. The maximum atomic E-state index is 13.5. The fraction of sp³-hybridized carbons (Fsp3) is 0.0714. The third-order valence-corrected chi connectivity index (χ3v) is 2.72. The molecule has 0 saturated heterocycles. The number of anilines is 1. The lowest BCUT2D eigenvalue weighted by Gasteiger charge is -2.06. The quantitative estimate of drug-likeness (QED) is 0.654. The molecule has 2 aromatic rings. The van der Waals surface area contributed by atoms with Gasteiger partial charge >= 0.3 is 0 Å². The van der Waals surface area contributed by atoms with Gasteiger partial charge in [-0.2, -0.15) is 0 Å². The van der Waals surface area contributed by atoms with Gasteiger partial charge in [0.2, 0.25) is 0 Å². The monoisotopic (exact) mass is 247 g/mol. The Hall–Kier alpha value is -2.23. The number of carbonyl (C=O) groups is 1. The van der Waals surface area contributed by atoms with Crippen molar-refractivity contribution < 1.29 is 13.6 Å². The van der Waals surface area contributed by atoms with E-state index in [1.807, 2.05) is 0 Å². The second kappa shape index (κ2) is 4.56. The molecule has 0 heterocycles. The van der Waals surface area contributed by atoms with Crippen molar-refractivity contribution in [3.05, 3.63) is 64.7 Å². The van der Waals surface area contributed by atoms with Crippen LogP contribution in [0.3, 0.4) is 0 Å². The van der Waals surface area contributed by atoms with Crippen molar-refractivity contribution in [1.82, 2.24) is 0 Å². The fourth-order valence-electron chi connectivity index (χ4n) is 1.68. The number of hydrogen-bond acceptors (Lipinski definition) is 2. The number of benzene rings is 2. The van der Waals surface area contributed by atoms with E-state index in [1.165, 1.54) is 18.2 Å². The van der Waals surface area contributed by atoms with Crippen molar-refractivity contribution >= 4 is 11.5 Å². The first-order chi connectivity index (χ1) is 8.50. The third-order valence-electron chi connectivity index (χ3n) is 2.72. The van der Waals surface area contributed by atoms with Gasteiger partial charge in [-0.25, -0.2) is 8.78 Å². The van der Waals surface area contributed by atoms with E-state index in [0.717, 1.165) is 12.1 Å². The van der Waals surface area contributed by atoms with Crippen LogP contribution in [0.4, 0.5) is 14.5 Å². The van der Waals surface area contributed by atoms with Crippen LogP contribution in [0.2, 0.25) is 0 Å². The molecule has 0 aliphatic rings. The summed E-state index contributed by atoms with van der Waals surface area (Å²) in [6.07, 6.45) is 0. The van der Waals surface area contributed by atoms with Crippen LogP contribution in [0.15, 0.2) is 36.4 Å². The molecule has 0 amide bonds. The Morgan fingerprint density at radius 3 is 2.28 bits per heavy atom. The largest absolute Gasteiger partial charge is 0.399 e. The summed E-state index contributed by atoms with van der Waals surface area (Å²) in [4.78, 5) is 12.0. The second-order valence-corrected chi connectivity index (χ2v) is 4.00. The first-order valence-electron chi connectivity index (χ1n) is 5.35. The van der Waals surface area contributed by atoms with Crippen LogP contribution in [0.25, 0.3) is 0 Å². The zero-order valence-corrected chi connectivity index (χ0v) is 9.71. The highest BCUT2D eigenvalue weighted by Crippen LogP contribution is 2.19. The molecule has 0 aromatic heterocycles. The second-order valence-electron chi connectivity index (χ2n) is 4.00. The molecule has 0 aliphatic carbocycles. The molecule has 0 fully saturated rings. The van der Waals surface area contributed by atoms with Crippen LogP contribution in [-0.2, 0) is 0 Å². The minimum absolute atomic E-state index is 0.214. The number of rotatable bonds is 2. The molecule has 2 nitrogen and oxygen atoms in total. The Balaban J connectivity index is 2.51. The molecular formula is C14H11F2NO. The highest BCUT2D eigenvalue weighted by Gasteiger charge is 2.18. The fourth-order valence-corrected chi connectivity index (χ4v) is 1.68. The summed E-state index contributed by atoms with van der Waals surface area (Å²) in [7, 11) is 0. The third kappa shape index (κ3) is 2.09. The van der Waals surface area contributed by atoms with E-state index in [4.69, 9.17) is 5.73 Å². The Labute approximate surface area is 103 Å². The minimum Gasteiger partial charge on any atom is -0.399 e. The predicted molar refractivity (Wildman–Crippen MR) is 65.4 cm³/mol. The van der Waals surface area contributed by atoms with E-state index in [0.29, 0.717) is 11.3 Å². The van der Waals surface area contributed by atoms with Crippen molar-refractivity contribution in [1.29, 1.82) is 0 Å². The summed E-state index contributed by atoms with van der Waals surface area (Å²) < 4.78 is 27.0. The van der Waals surface area contributed by atoms with Gasteiger partial charge in [-0.05, 0) is 42.8 Å². The van der Waals surface area contributed by atoms with Crippen molar-refractivity contribution in [2.75, 3.05) is 5.73 Å². The van der Waals surface area contributed by atoms with Crippen LogP contribution >= 0.6 is 0 Å². The normalized spacial score (nSPS) is 10.4. The van der Waals surface area contributed by atoms with Gasteiger partial charge in [0.05, 0.1) is 5.56 Å². The average Bonchev–Trinajstić information content (AvgIpc) is 2.32. The zero-order chi connectivity index (χ0) is 13.3. The summed E-state index contributed by atoms with van der Waals surface area (Å²) in [5.41, 5.74) is 6.52. The SMILES string of the molecule is Cc1cc(C(=O)c2c(F)cccc2F)ccc1N. The van der Waals surface area contributed by atoms with E-state index in [2.05, 4.69) is 0 Å². The number of nitrogens with two attached hydrogens (primary N) is 1. The predicted octanol–water partition coefficient (Wildman–Crippen LogP) is 3.09. The van der Waals surface area contributed by atoms with Crippen LogP contribution < -0.4 is 5.73 Å². The number of aryl methyl sites for hydroxylation is 1. The first-order valence-corrected chi connectivity index (χ1v) is 5.35. The Morgan fingerprint density at radius 1 is 1.11 bits per heavy atom. The van der Waals surface area contributed by atoms with Gasteiger partial charge in [0, 0.05) is 11.3 Å². The standard InChI is InChI=1S/C14H11F2NO/c1-8-7-9(5-6-12(8)17)14(18)13-10(15)3-2-4-11(13)16/h2-7H,17H2,1H3. The maximum Gasteiger partial charge on any atom is 0.198 e. The van der Waals surface area contributed by atoms with Gasteiger partial charge in [-0.3, -0.25) is 4.79 Å². The molecule has 0 saturated carbocycles. The lowest BCUT2D eigenvalue weighted by molar-refractivity contribution is 0.103. The zero-order valence-electron chi connectivity index (χ0n) is 9.71. The molecule has 0 bridgehead atoms. The van der Waals surface area contributed by atoms with E-state index in [1.54, 1.807) is 13.0 Å². The number of nitrogen functional groups attached to an aromatic ring is 1. The molecule has 0 atom stereocenters. The Bertz CT molecular complexity index is 603. The smallest absolute Gasteiger partial charge is 0.198 e. The van der Waals surface area contributed by atoms with Gasteiger partial charge < -0.3 is 5.73 Å². The Kier molecular flexibility index (Phi) is 3.10. The van der Waals surface area contributed by atoms with Crippen LogP contribution in [0.1, 0.15) is 21.5 Å². The maximum absolute atomic E-state index is 13.5. The number of hydrogen-bond donors (Lipinski definition) is 1. The van der Waals surface area contributed by atoms with Gasteiger partial charge in [-0.15, -0.1) is 0 Å². The molecule has 4 heteroatoms. The highest BCUT2D eigenvalue weighted by atomic mass is 19.1. The van der Waals surface area contributed by atoms with Crippen LogP contribution in [-0.4, -0.2) is 5.78 Å². The van der Waals surface area contributed by atoms with E-state index < -0.39 is 23.0 Å². The first kappa shape index (κ1) is 12.2. The van der Waals surface area contributed by atoms with E-state index >= 15 is 0 Å². The van der Waals surface area contributed by atoms with Crippen molar-refractivity contribution in [3.63, 3.8) is 0 Å². The van der Waals surface area contributed by atoms with Crippen molar-refractivity contribution in [3.8, 4) is 0 Å². The number of halogens is 2. The summed E-state index contributed by atoms with van der Waals surface area (Å²) in [5.74, 6) is -2.42. The lowest BCUT2D eigenvalue weighted by Crippen LogP contribution is -2.08. The topological polar surface area (TPSA) is 43.1 Å². The molecule has 0 radical (unpaired) electrons. The van der Waals surface area contributed by atoms with Gasteiger partial charge in [0.1, 0.15) is 11.6 Å². The number of ketones is 1. The van der Waals surface area contributed by atoms with Crippen LogP contribution in [0.5, 0.6) is 0 Å². The van der Waals surface area contributed by atoms with Gasteiger partial charge in [-0.1, -0.05) is 6.07 Å². The highest BCUT2D eigenvalue weighted by molar-refractivity contribution is 6.09. The summed E-state index contributed by atoms with van der Waals surface area (Å²) in [6.45, 7) is 1.73. The van der Waals surface area contributed by atoms with Crippen LogP contribution in [0, 0.1) is 18.6 Å². The summed E-state index contributed by atoms with van der Waals surface area (Å²) in [6, 6.07) is 7.85. The van der Waals surface area contributed by atoms with E-state index in [9.17, 15) is 13.6 Å². The number of carbonyl (C=O) groups excluding carboxylic acids is 1. The molecule has 0 spiro atoms. The molecular weight excluding hydrogens is 236 g/mol. The molecule has 0 aliphatic heterocycles. The van der Waals surface area contributed by atoms with E-state index in [-0.39, 0.29) is 5.56 Å². The molecule has 2 aromatic carbocycles. The minimum atomic E-state index is -0.866. The molecule has 18 heavy (non-hydrogen) atoms. The summed E-state index contributed by atoms with van der Waals surface area (Å²) in [5, 5.41) is 0. The van der Waals surface area contributed by atoms with Crippen molar-refractivity contribution in [2.24, 2.45) is 0 Å². The molecule has 2 rings (SSSR count). The average molecular weight is 247 g/mol. The van der Waals surface area contributed by atoms with Gasteiger partial charge in [0.15, 0.2) is 5.78 Å². The lowest BCUT2D eigenvalue weighted by atomic mass is 10.00. The molecule has 0 unspecified atom stereocenters. The molecule has 2 N–H and O–H groups in total.